The molecular formula is C31H47NO4. The van der Waals surface area contributed by atoms with Crippen LogP contribution >= 0.6 is 0 Å². The van der Waals surface area contributed by atoms with Crippen molar-refractivity contribution in [2.45, 2.75) is 104 Å². The molecule has 2 aliphatic heterocycles. The van der Waals surface area contributed by atoms with E-state index in [0.717, 1.165) is 69.8 Å². The average Bonchev–Trinajstić information content (AvgIpc) is 3.35. The summed E-state index contributed by atoms with van der Waals surface area (Å²) < 4.78 is 18.2. The van der Waals surface area contributed by atoms with Gasteiger partial charge in [-0.25, -0.2) is 0 Å². The monoisotopic (exact) mass is 497 g/mol. The van der Waals surface area contributed by atoms with E-state index in [1.807, 2.05) is 0 Å². The largest absolute Gasteiger partial charge is 0.483 e. The highest BCUT2D eigenvalue weighted by Crippen LogP contribution is 2.52. The van der Waals surface area contributed by atoms with Crippen LogP contribution < -0.4 is 9.47 Å². The number of rotatable bonds is 11. The molecular weight excluding hydrogens is 450 g/mol. The molecule has 1 fully saturated rings. The van der Waals surface area contributed by atoms with Gasteiger partial charge in [0.05, 0.1) is 18.8 Å². The highest BCUT2D eigenvalue weighted by Gasteiger charge is 2.39. The van der Waals surface area contributed by atoms with Gasteiger partial charge in [-0.05, 0) is 86.8 Å². The van der Waals surface area contributed by atoms with E-state index in [2.05, 4.69) is 51.7 Å². The second-order valence-corrected chi connectivity index (χ2v) is 11.6. The van der Waals surface area contributed by atoms with Gasteiger partial charge in [-0.15, -0.1) is 0 Å². The summed E-state index contributed by atoms with van der Waals surface area (Å²) in [4.78, 5) is 15.4. The molecule has 0 N–H and O–H groups in total. The van der Waals surface area contributed by atoms with Gasteiger partial charge >= 0.3 is 5.97 Å². The summed E-state index contributed by atoms with van der Waals surface area (Å²) in [6.07, 6.45) is 9.45. The van der Waals surface area contributed by atoms with E-state index < -0.39 is 0 Å². The number of carbonyl (C=O) groups excluding carboxylic acids is 1. The third kappa shape index (κ3) is 6.34. The lowest BCUT2D eigenvalue weighted by atomic mass is 9.82. The summed E-state index contributed by atoms with van der Waals surface area (Å²) in [6, 6.07) is 4.38. The maximum atomic E-state index is 13.0. The number of esters is 1. The standard InChI is InChI=1S/C31H47NO4/c1-6-7-8-11-22(2)23(3)24-20-27(35-29(33)14-10-15-32-16-18-34-19-17-32)30-25-12-9-13-26(25)31(4,5)36-28(30)21-24/h20-23H,6-19H2,1-5H3. The Balaban J connectivity index is 1.55. The SMILES string of the molecule is CCCCCC(C)C(C)c1cc(OC(=O)CCCN2CCOCC2)c2c(c1)OC(C)(C)C1=C2CCC1. The van der Waals surface area contributed by atoms with Crippen LogP contribution in [-0.4, -0.2) is 49.3 Å². The number of benzene rings is 1. The lowest BCUT2D eigenvalue weighted by Crippen LogP contribution is -2.37. The number of hydrogen-bond acceptors (Lipinski definition) is 5. The predicted octanol–water partition coefficient (Wildman–Crippen LogP) is 7.13. The van der Waals surface area contributed by atoms with Crippen molar-refractivity contribution in [3.05, 3.63) is 28.8 Å². The zero-order chi connectivity index (χ0) is 25.7. The first-order valence-corrected chi connectivity index (χ1v) is 14.4. The van der Waals surface area contributed by atoms with Gasteiger partial charge < -0.3 is 14.2 Å². The maximum Gasteiger partial charge on any atom is 0.311 e. The molecule has 4 rings (SSSR count). The van der Waals surface area contributed by atoms with E-state index in [0.29, 0.717) is 24.0 Å². The van der Waals surface area contributed by atoms with Crippen molar-refractivity contribution in [3.63, 3.8) is 0 Å². The summed E-state index contributed by atoms with van der Waals surface area (Å²) in [7, 11) is 0. The molecule has 2 heterocycles. The molecule has 1 aromatic rings. The number of fused-ring (bicyclic) bond motifs is 2. The van der Waals surface area contributed by atoms with Crippen LogP contribution in [0.15, 0.2) is 17.7 Å². The first-order chi connectivity index (χ1) is 17.3. The van der Waals surface area contributed by atoms with Gasteiger partial charge in [0, 0.05) is 19.5 Å². The molecule has 1 aromatic carbocycles. The highest BCUT2D eigenvalue weighted by molar-refractivity contribution is 5.84. The Labute approximate surface area is 218 Å². The van der Waals surface area contributed by atoms with Crippen LogP contribution in [0.1, 0.15) is 109 Å². The van der Waals surface area contributed by atoms with E-state index in [1.54, 1.807) is 0 Å². The summed E-state index contributed by atoms with van der Waals surface area (Å²) >= 11 is 0. The zero-order valence-electron chi connectivity index (χ0n) is 23.3. The Morgan fingerprint density at radius 2 is 1.89 bits per heavy atom. The summed E-state index contributed by atoms with van der Waals surface area (Å²) in [5.41, 5.74) is 4.64. The molecule has 3 aliphatic rings. The van der Waals surface area contributed by atoms with E-state index in [9.17, 15) is 4.79 Å². The first kappa shape index (κ1) is 27.2. The number of allylic oxidation sites excluding steroid dienone is 1. The predicted molar refractivity (Wildman–Crippen MR) is 146 cm³/mol. The van der Waals surface area contributed by atoms with Gasteiger partial charge in [0.2, 0.25) is 0 Å². The van der Waals surface area contributed by atoms with Crippen LogP contribution in [-0.2, 0) is 9.53 Å². The molecule has 5 nitrogen and oxygen atoms in total. The smallest absolute Gasteiger partial charge is 0.311 e. The minimum absolute atomic E-state index is 0.142. The number of nitrogens with zero attached hydrogens (tertiary/aromatic N) is 1. The van der Waals surface area contributed by atoms with Crippen LogP contribution in [0, 0.1) is 5.92 Å². The Morgan fingerprint density at radius 1 is 1.11 bits per heavy atom. The van der Waals surface area contributed by atoms with Crippen LogP contribution in [0.5, 0.6) is 11.5 Å². The van der Waals surface area contributed by atoms with Crippen molar-refractivity contribution in [1.29, 1.82) is 0 Å². The van der Waals surface area contributed by atoms with Gasteiger partial charge in [0.1, 0.15) is 17.1 Å². The molecule has 200 valence electrons. The zero-order valence-corrected chi connectivity index (χ0v) is 23.3. The molecule has 2 unspecified atom stereocenters. The molecule has 36 heavy (non-hydrogen) atoms. The molecule has 0 amide bonds. The fourth-order valence-electron chi connectivity index (χ4n) is 6.09. The lowest BCUT2D eigenvalue weighted by molar-refractivity contribution is -0.134. The van der Waals surface area contributed by atoms with Crippen molar-refractivity contribution >= 4 is 11.5 Å². The summed E-state index contributed by atoms with van der Waals surface area (Å²) in [5, 5.41) is 0. The van der Waals surface area contributed by atoms with Crippen LogP contribution in [0.25, 0.3) is 5.57 Å². The summed E-state index contributed by atoms with van der Waals surface area (Å²) in [6.45, 7) is 15.6. The molecule has 0 saturated carbocycles. The van der Waals surface area contributed by atoms with Crippen LogP contribution in [0.4, 0.5) is 0 Å². The van der Waals surface area contributed by atoms with Crippen LogP contribution in [0.3, 0.4) is 0 Å². The maximum absolute atomic E-state index is 13.0. The van der Waals surface area contributed by atoms with Gasteiger partial charge in [-0.1, -0.05) is 46.5 Å². The molecule has 0 radical (unpaired) electrons. The van der Waals surface area contributed by atoms with Crippen molar-refractivity contribution in [1.82, 2.24) is 4.90 Å². The molecule has 5 heteroatoms. The molecule has 1 aliphatic carbocycles. The van der Waals surface area contributed by atoms with E-state index >= 15 is 0 Å². The Kier molecular flexibility index (Phi) is 9.16. The second kappa shape index (κ2) is 12.1. The quantitative estimate of drug-likeness (QED) is 0.185. The fourth-order valence-corrected chi connectivity index (χ4v) is 6.09. The van der Waals surface area contributed by atoms with Gasteiger partial charge in [0.15, 0.2) is 0 Å². The number of carbonyl (C=O) groups is 1. The van der Waals surface area contributed by atoms with Crippen molar-refractivity contribution in [3.8, 4) is 11.5 Å². The lowest BCUT2D eigenvalue weighted by Gasteiger charge is -2.36. The third-order valence-corrected chi connectivity index (χ3v) is 8.52. The minimum Gasteiger partial charge on any atom is -0.483 e. The number of unbranched alkanes of at least 4 members (excludes halogenated alkanes) is 2. The highest BCUT2D eigenvalue weighted by atomic mass is 16.5. The molecule has 0 spiro atoms. The van der Waals surface area contributed by atoms with Crippen molar-refractivity contribution in [2.24, 2.45) is 5.92 Å². The Hall–Kier alpha value is -1.85. The molecule has 0 bridgehead atoms. The van der Waals surface area contributed by atoms with Crippen molar-refractivity contribution < 1.29 is 19.0 Å². The topological polar surface area (TPSA) is 48.0 Å². The Morgan fingerprint density at radius 3 is 2.64 bits per heavy atom. The number of hydrogen-bond donors (Lipinski definition) is 0. The Bertz CT molecular complexity index is 944. The first-order valence-electron chi connectivity index (χ1n) is 14.4. The van der Waals surface area contributed by atoms with Gasteiger partial charge in [0.25, 0.3) is 0 Å². The molecule has 2 atom stereocenters. The average molecular weight is 498 g/mol. The van der Waals surface area contributed by atoms with E-state index in [-0.39, 0.29) is 11.6 Å². The van der Waals surface area contributed by atoms with Crippen LogP contribution in [0.2, 0.25) is 0 Å². The number of ether oxygens (including phenoxy) is 3. The minimum atomic E-state index is -0.313. The van der Waals surface area contributed by atoms with E-state index in [4.69, 9.17) is 14.2 Å². The van der Waals surface area contributed by atoms with Gasteiger partial charge in [-0.3, -0.25) is 9.69 Å². The molecule has 1 saturated heterocycles. The van der Waals surface area contributed by atoms with Crippen molar-refractivity contribution in [2.75, 3.05) is 32.8 Å². The summed E-state index contributed by atoms with van der Waals surface area (Å²) in [5.74, 6) is 2.38. The number of morpholine rings is 1. The van der Waals surface area contributed by atoms with Gasteiger partial charge in [-0.2, -0.15) is 0 Å². The van der Waals surface area contributed by atoms with E-state index in [1.165, 1.54) is 42.4 Å². The second-order valence-electron chi connectivity index (χ2n) is 11.6. The fraction of sp³-hybridized carbons (Fsp3) is 0.710. The third-order valence-electron chi connectivity index (χ3n) is 8.52. The normalized spacial score (nSPS) is 20.9. The molecule has 0 aromatic heterocycles.